The molecule has 35 heavy (non-hydrogen) atoms. The molecule has 0 radical (unpaired) electrons. The molecule has 3 rings (SSSR count). The number of nitrogens with one attached hydrogen (secondary N) is 1. The number of benzene rings is 3. The number of carbonyl (C=O) groups is 1. The zero-order chi connectivity index (χ0) is 24.2. The van der Waals surface area contributed by atoms with E-state index < -0.39 is 26.7 Å². The number of phenolic OH excluding ortho intramolecular Hbond substituents is 1. The molecule has 3 aromatic carbocycles. The maximum absolute atomic E-state index is 11.6. The van der Waals surface area contributed by atoms with E-state index in [1.54, 1.807) is 24.3 Å². The molecule has 0 heterocycles. The predicted molar refractivity (Wildman–Crippen MR) is 113 cm³/mol. The summed E-state index contributed by atoms with van der Waals surface area (Å²) < 4.78 is 44.1. The summed E-state index contributed by atoms with van der Waals surface area (Å²) in [5, 5.41) is 35.0. The van der Waals surface area contributed by atoms with E-state index in [2.05, 4.69) is 24.9 Å². The normalized spacial score (nSPS) is 11.1. The van der Waals surface area contributed by atoms with Crippen molar-refractivity contribution in [2.75, 3.05) is 12.4 Å². The van der Waals surface area contributed by atoms with Gasteiger partial charge in [-0.3, -0.25) is 9.83 Å². The van der Waals surface area contributed by atoms with Crippen molar-refractivity contribution in [3.05, 3.63) is 42.5 Å². The zero-order valence-electron chi connectivity index (χ0n) is 19.0. The maximum Gasteiger partial charge on any atom is 1.00 e. The molecule has 0 unspecified atom stereocenters. The van der Waals surface area contributed by atoms with Gasteiger partial charge in [-0.15, -0.1) is 5.11 Å². The van der Waals surface area contributed by atoms with Crippen molar-refractivity contribution in [3.63, 3.8) is 0 Å². The van der Waals surface area contributed by atoms with Crippen LogP contribution >= 0.6 is 12.0 Å². The van der Waals surface area contributed by atoms with E-state index in [1.807, 2.05) is 0 Å². The Morgan fingerprint density at radius 3 is 2.31 bits per heavy atom. The standard InChI is InChI=1S/C19H17N3O9S2.2Na/c1-10(23)20-15-9-14(33(26,27)28)7-11-8-16(32-31-30-25)18(19(24)17(11)15)22-21-12-3-5-13(29-2)6-4-12;;/h3-9,24-25H,1-2H3,(H,20,23)(H,26,27,28);;/q;2*+1/p-2. The minimum absolute atomic E-state index is 0. The van der Waals surface area contributed by atoms with Crippen molar-refractivity contribution >= 4 is 55.9 Å². The molecule has 16 heteroatoms. The summed E-state index contributed by atoms with van der Waals surface area (Å²) >= 11 is 0.367. The van der Waals surface area contributed by atoms with Crippen LogP contribution in [0.5, 0.6) is 11.5 Å². The van der Waals surface area contributed by atoms with Crippen LogP contribution in [-0.4, -0.2) is 31.1 Å². The number of phenols is 1. The second kappa shape index (κ2) is 13.9. The van der Waals surface area contributed by atoms with Crippen LogP contribution in [0.25, 0.3) is 10.8 Å². The number of azo groups is 1. The Labute approximate surface area is 248 Å². The summed E-state index contributed by atoms with van der Waals surface area (Å²) in [6, 6.07) is 9.66. The Morgan fingerprint density at radius 1 is 1.11 bits per heavy atom. The molecular formula is C19H15N3Na2O9S2. The van der Waals surface area contributed by atoms with Gasteiger partial charge in [0.2, 0.25) is 5.91 Å². The van der Waals surface area contributed by atoms with Gasteiger partial charge in [0.05, 0.1) is 40.3 Å². The summed E-state index contributed by atoms with van der Waals surface area (Å²) in [5.41, 5.74) is 0.0668. The van der Waals surface area contributed by atoms with Crippen LogP contribution in [0.2, 0.25) is 0 Å². The van der Waals surface area contributed by atoms with Gasteiger partial charge in [0.1, 0.15) is 21.6 Å². The van der Waals surface area contributed by atoms with Crippen LogP contribution in [0.4, 0.5) is 17.1 Å². The van der Waals surface area contributed by atoms with E-state index in [0.29, 0.717) is 23.5 Å². The fourth-order valence-electron chi connectivity index (χ4n) is 2.86. The zero-order valence-corrected chi connectivity index (χ0v) is 24.6. The van der Waals surface area contributed by atoms with Gasteiger partial charge in [-0.25, -0.2) is 8.42 Å². The molecule has 0 aliphatic rings. The van der Waals surface area contributed by atoms with Gasteiger partial charge >= 0.3 is 59.1 Å². The number of fused-ring (bicyclic) bond motifs is 1. The second-order valence-corrected chi connectivity index (χ2v) is 8.52. The van der Waals surface area contributed by atoms with E-state index in [0.717, 1.165) is 19.1 Å². The van der Waals surface area contributed by atoms with Crippen LogP contribution in [0.3, 0.4) is 0 Å². The third-order valence-corrected chi connectivity index (χ3v) is 5.64. The van der Waals surface area contributed by atoms with Crippen LogP contribution in [-0.2, 0) is 24.3 Å². The number of nitrogens with zero attached hydrogens (tertiary/aromatic N) is 2. The van der Waals surface area contributed by atoms with Crippen molar-refractivity contribution in [1.82, 2.24) is 0 Å². The number of methoxy groups -OCH3 is 1. The number of aromatic hydroxyl groups is 1. The molecular weight excluding hydrogens is 524 g/mol. The van der Waals surface area contributed by atoms with Crippen molar-refractivity contribution in [1.29, 1.82) is 0 Å². The Balaban J connectivity index is 0.00000306. The molecule has 12 nitrogen and oxygen atoms in total. The van der Waals surface area contributed by atoms with Gasteiger partial charge in [0.25, 0.3) is 0 Å². The van der Waals surface area contributed by atoms with Crippen molar-refractivity contribution in [2.24, 2.45) is 10.2 Å². The molecule has 0 saturated carbocycles. The Morgan fingerprint density at radius 2 is 1.77 bits per heavy atom. The van der Waals surface area contributed by atoms with Gasteiger partial charge in [0.15, 0.2) is 5.75 Å². The van der Waals surface area contributed by atoms with Crippen LogP contribution in [0.15, 0.2) is 62.5 Å². The monoisotopic (exact) mass is 539 g/mol. The average Bonchev–Trinajstić information content (AvgIpc) is 2.76. The van der Waals surface area contributed by atoms with E-state index in [-0.39, 0.29) is 86.2 Å². The smallest absolute Gasteiger partial charge is 0.744 e. The predicted octanol–water partition coefficient (Wildman–Crippen LogP) is -2.93. The number of ether oxygens (including phenoxy) is 1. The first-order valence-corrected chi connectivity index (χ1v) is 11.0. The van der Waals surface area contributed by atoms with Gasteiger partial charge in [-0.1, -0.05) is 0 Å². The summed E-state index contributed by atoms with van der Waals surface area (Å²) in [6.45, 7) is 1.16. The fraction of sp³-hybridized carbons (Fsp3) is 0.105. The third kappa shape index (κ3) is 8.11. The fourth-order valence-corrected chi connectivity index (χ4v) is 3.89. The number of hydrogen-bond acceptors (Lipinski definition) is 12. The first kappa shape index (κ1) is 31.8. The van der Waals surface area contributed by atoms with E-state index >= 15 is 0 Å². The molecule has 0 bridgehead atoms. The quantitative estimate of drug-likeness (QED) is 0.0751. The topological polar surface area (TPSA) is 182 Å². The summed E-state index contributed by atoms with van der Waals surface area (Å²) in [7, 11) is -3.40. The summed E-state index contributed by atoms with van der Waals surface area (Å²) in [6.07, 6.45) is 0. The molecule has 3 aromatic rings. The molecule has 0 saturated heterocycles. The average molecular weight is 539 g/mol. The number of anilines is 1. The van der Waals surface area contributed by atoms with Gasteiger partial charge in [-0.05, 0) is 47.9 Å². The Kier molecular flexibility index (Phi) is 12.6. The van der Waals surface area contributed by atoms with Crippen molar-refractivity contribution in [2.45, 2.75) is 16.7 Å². The molecule has 0 atom stereocenters. The number of rotatable bonds is 8. The van der Waals surface area contributed by atoms with Crippen LogP contribution < -0.4 is 74.4 Å². The van der Waals surface area contributed by atoms with Gasteiger partial charge < -0.3 is 25.0 Å². The first-order chi connectivity index (χ1) is 15.6. The van der Waals surface area contributed by atoms with Gasteiger partial charge in [0, 0.05) is 12.3 Å². The molecule has 174 valence electrons. The second-order valence-electron chi connectivity index (χ2n) is 6.39. The van der Waals surface area contributed by atoms with Crippen LogP contribution in [0.1, 0.15) is 6.92 Å². The number of amides is 1. The van der Waals surface area contributed by atoms with Crippen LogP contribution in [0, 0.1) is 0 Å². The molecule has 0 spiro atoms. The van der Waals surface area contributed by atoms with Gasteiger partial charge in [-0.2, -0.15) is 9.45 Å². The minimum Gasteiger partial charge on any atom is -0.744 e. The molecule has 0 fully saturated rings. The number of carbonyl (C=O) groups excluding carboxylic acids is 1. The van der Waals surface area contributed by atoms with Crippen molar-refractivity contribution in [3.8, 4) is 11.5 Å². The Hall–Kier alpha value is -1.27. The minimum atomic E-state index is -4.91. The third-order valence-electron chi connectivity index (χ3n) is 4.21. The molecule has 0 aromatic heterocycles. The molecule has 2 N–H and O–H groups in total. The van der Waals surface area contributed by atoms with E-state index in [4.69, 9.17) is 4.74 Å². The largest absolute Gasteiger partial charge is 1.00 e. The molecule has 0 aliphatic carbocycles. The van der Waals surface area contributed by atoms with Crippen molar-refractivity contribution < 1.29 is 101 Å². The van der Waals surface area contributed by atoms with E-state index in [1.165, 1.54) is 13.2 Å². The number of hydrogen-bond donors (Lipinski definition) is 2. The summed E-state index contributed by atoms with van der Waals surface area (Å²) in [5.74, 6) is -0.525. The Bertz CT molecular complexity index is 1340. The first-order valence-electron chi connectivity index (χ1n) is 8.90. The molecule has 0 aliphatic heterocycles. The SMILES string of the molecule is COc1ccc(N=Nc2c(SOO[O-])cc3cc(S(=O)(=O)[O-])cc(NC(C)=O)c3c2O)cc1.[Na+].[Na+]. The molecule has 1 amide bonds. The maximum atomic E-state index is 11.6. The van der Waals surface area contributed by atoms with E-state index in [9.17, 15) is 28.1 Å². The summed E-state index contributed by atoms with van der Waals surface area (Å²) in [4.78, 5) is 11.0.